The van der Waals surface area contributed by atoms with Crippen molar-refractivity contribution >= 4 is 11.8 Å². The number of amides is 1. The third kappa shape index (κ3) is 2.66. The molecule has 1 aromatic heterocycles. The lowest BCUT2D eigenvalue weighted by Crippen LogP contribution is -2.50. The second-order valence-corrected chi connectivity index (χ2v) is 6.23. The summed E-state index contributed by atoms with van der Waals surface area (Å²) in [6.45, 7) is 8.19. The van der Waals surface area contributed by atoms with Crippen LogP contribution in [0.1, 0.15) is 39.3 Å². The summed E-state index contributed by atoms with van der Waals surface area (Å²) in [4.78, 5) is 12.4. The highest BCUT2D eigenvalue weighted by Gasteiger charge is 2.45. The topological polar surface area (TPSA) is 81.2 Å². The Morgan fingerprint density at radius 3 is 2.79 bits per heavy atom. The molecule has 0 saturated heterocycles. The molecule has 3 unspecified atom stereocenters. The van der Waals surface area contributed by atoms with Gasteiger partial charge in [-0.1, -0.05) is 25.9 Å². The van der Waals surface area contributed by atoms with Crippen LogP contribution in [0, 0.1) is 24.2 Å². The van der Waals surface area contributed by atoms with E-state index in [1.165, 1.54) is 0 Å². The lowest BCUT2D eigenvalue weighted by atomic mass is 9.61. The number of aryl methyl sites for hydroxylation is 1. The molecule has 1 aromatic rings. The van der Waals surface area contributed by atoms with Crippen molar-refractivity contribution in [1.82, 2.24) is 5.16 Å². The molecule has 0 bridgehead atoms. The number of aromatic nitrogens is 1. The Balaban J connectivity index is 2.10. The summed E-state index contributed by atoms with van der Waals surface area (Å²) in [5.41, 5.74) is 6.76. The predicted molar refractivity (Wildman–Crippen MR) is 73.5 cm³/mol. The van der Waals surface area contributed by atoms with Gasteiger partial charge in [0.1, 0.15) is 0 Å². The molecule has 5 heteroatoms. The molecule has 3 N–H and O–H groups in total. The van der Waals surface area contributed by atoms with E-state index in [1.807, 2.05) is 6.92 Å². The predicted octanol–water partition coefficient (Wildman–Crippen LogP) is 2.32. The molecular formula is C14H23N3O2. The molecule has 1 amide bonds. The molecule has 0 aromatic carbocycles. The van der Waals surface area contributed by atoms with Gasteiger partial charge in [-0.3, -0.25) is 10.1 Å². The zero-order chi connectivity index (χ0) is 14.2. The van der Waals surface area contributed by atoms with Gasteiger partial charge in [0.25, 0.3) is 0 Å². The highest BCUT2D eigenvalue weighted by Crippen LogP contribution is 2.44. The molecule has 1 aliphatic carbocycles. The van der Waals surface area contributed by atoms with Crippen molar-refractivity contribution in [2.24, 2.45) is 23.0 Å². The summed E-state index contributed by atoms with van der Waals surface area (Å²) in [5, 5.41) is 6.58. The fourth-order valence-corrected chi connectivity index (χ4v) is 2.95. The van der Waals surface area contributed by atoms with Crippen molar-refractivity contribution in [3.05, 3.63) is 11.8 Å². The van der Waals surface area contributed by atoms with Crippen molar-refractivity contribution in [2.45, 2.75) is 46.6 Å². The molecule has 0 radical (unpaired) electrons. The first kappa shape index (κ1) is 14.1. The van der Waals surface area contributed by atoms with Crippen LogP contribution in [0.5, 0.6) is 0 Å². The fraction of sp³-hybridized carbons (Fsp3) is 0.714. The first-order chi connectivity index (χ1) is 8.82. The van der Waals surface area contributed by atoms with Gasteiger partial charge in [-0.15, -0.1) is 0 Å². The van der Waals surface area contributed by atoms with E-state index in [1.54, 1.807) is 6.07 Å². The molecule has 1 saturated carbocycles. The molecule has 5 nitrogen and oxygen atoms in total. The second kappa shape index (κ2) is 4.96. The van der Waals surface area contributed by atoms with Gasteiger partial charge in [-0.05, 0) is 31.1 Å². The van der Waals surface area contributed by atoms with Crippen molar-refractivity contribution in [3.63, 3.8) is 0 Å². The number of rotatable bonds is 2. The summed E-state index contributed by atoms with van der Waals surface area (Å²) in [6, 6.07) is 1.90. The number of hydrogen-bond acceptors (Lipinski definition) is 4. The van der Waals surface area contributed by atoms with Crippen LogP contribution in [0.4, 0.5) is 5.88 Å². The average molecular weight is 265 g/mol. The normalized spacial score (nSPS) is 30.1. The van der Waals surface area contributed by atoms with Crippen LogP contribution in [0.2, 0.25) is 0 Å². The van der Waals surface area contributed by atoms with E-state index in [-0.39, 0.29) is 23.3 Å². The third-order valence-electron chi connectivity index (χ3n) is 4.69. The van der Waals surface area contributed by atoms with Crippen LogP contribution in [0.15, 0.2) is 10.6 Å². The molecular weight excluding hydrogens is 242 g/mol. The minimum Gasteiger partial charge on any atom is -0.338 e. The van der Waals surface area contributed by atoms with Crippen LogP contribution in [-0.4, -0.2) is 17.1 Å². The van der Waals surface area contributed by atoms with Gasteiger partial charge in [-0.25, -0.2) is 0 Å². The number of carbonyl (C=O) groups is 1. The zero-order valence-electron chi connectivity index (χ0n) is 12.1. The minimum atomic E-state index is -0.114. The van der Waals surface area contributed by atoms with E-state index in [2.05, 4.69) is 31.2 Å². The summed E-state index contributed by atoms with van der Waals surface area (Å²) < 4.78 is 5.04. The monoisotopic (exact) mass is 265 g/mol. The van der Waals surface area contributed by atoms with Gasteiger partial charge < -0.3 is 10.3 Å². The second-order valence-electron chi connectivity index (χ2n) is 6.23. The van der Waals surface area contributed by atoms with E-state index < -0.39 is 0 Å². The molecule has 2 rings (SSSR count). The van der Waals surface area contributed by atoms with Crippen LogP contribution in [0.25, 0.3) is 0 Å². The van der Waals surface area contributed by atoms with Gasteiger partial charge in [0, 0.05) is 18.0 Å². The molecule has 19 heavy (non-hydrogen) atoms. The molecule has 3 atom stereocenters. The van der Waals surface area contributed by atoms with E-state index >= 15 is 0 Å². The third-order valence-corrected chi connectivity index (χ3v) is 4.69. The SMILES string of the molecule is Cc1cc(NC(=O)C2CCC(N)C(C)C2(C)C)on1. The number of nitrogens with zero attached hydrogens (tertiary/aromatic N) is 1. The average Bonchev–Trinajstić information content (AvgIpc) is 2.71. The van der Waals surface area contributed by atoms with Crippen molar-refractivity contribution in [3.8, 4) is 0 Å². The van der Waals surface area contributed by atoms with E-state index in [4.69, 9.17) is 10.3 Å². The Hall–Kier alpha value is -1.36. The van der Waals surface area contributed by atoms with Gasteiger partial charge in [0.2, 0.25) is 11.8 Å². The Labute approximate surface area is 113 Å². The Morgan fingerprint density at radius 1 is 1.53 bits per heavy atom. The van der Waals surface area contributed by atoms with Crippen LogP contribution < -0.4 is 11.1 Å². The van der Waals surface area contributed by atoms with E-state index in [0.717, 1.165) is 18.5 Å². The number of hydrogen-bond donors (Lipinski definition) is 2. The van der Waals surface area contributed by atoms with E-state index in [0.29, 0.717) is 11.8 Å². The highest BCUT2D eigenvalue weighted by molar-refractivity contribution is 5.92. The Morgan fingerprint density at radius 2 is 2.21 bits per heavy atom. The first-order valence-electron chi connectivity index (χ1n) is 6.82. The van der Waals surface area contributed by atoms with Crippen LogP contribution >= 0.6 is 0 Å². The number of anilines is 1. The quantitative estimate of drug-likeness (QED) is 0.859. The lowest BCUT2D eigenvalue weighted by molar-refractivity contribution is -0.127. The fourth-order valence-electron chi connectivity index (χ4n) is 2.95. The van der Waals surface area contributed by atoms with Crippen molar-refractivity contribution in [2.75, 3.05) is 5.32 Å². The maximum atomic E-state index is 12.4. The highest BCUT2D eigenvalue weighted by atomic mass is 16.5. The minimum absolute atomic E-state index is 0.0000926. The van der Waals surface area contributed by atoms with E-state index in [9.17, 15) is 4.79 Å². The summed E-state index contributed by atoms with van der Waals surface area (Å²) in [5.74, 6) is 0.682. The number of nitrogens with one attached hydrogen (secondary N) is 1. The van der Waals surface area contributed by atoms with Crippen molar-refractivity contribution in [1.29, 1.82) is 0 Å². The van der Waals surface area contributed by atoms with Gasteiger partial charge >= 0.3 is 0 Å². The largest absolute Gasteiger partial charge is 0.338 e. The molecule has 1 heterocycles. The maximum absolute atomic E-state index is 12.4. The van der Waals surface area contributed by atoms with Gasteiger partial charge in [0.05, 0.1) is 5.69 Å². The lowest BCUT2D eigenvalue weighted by Gasteiger charge is -2.45. The summed E-state index contributed by atoms with van der Waals surface area (Å²) in [7, 11) is 0. The number of nitrogens with two attached hydrogens (primary N) is 1. The Kier molecular flexibility index (Phi) is 3.67. The summed E-state index contributed by atoms with van der Waals surface area (Å²) >= 11 is 0. The first-order valence-corrected chi connectivity index (χ1v) is 6.82. The molecule has 0 spiro atoms. The zero-order valence-corrected chi connectivity index (χ0v) is 12.1. The molecule has 1 fully saturated rings. The smallest absolute Gasteiger partial charge is 0.231 e. The van der Waals surface area contributed by atoms with Crippen LogP contribution in [-0.2, 0) is 4.79 Å². The Bertz CT molecular complexity index is 467. The maximum Gasteiger partial charge on any atom is 0.231 e. The van der Waals surface area contributed by atoms with Crippen molar-refractivity contribution < 1.29 is 9.32 Å². The number of carbonyl (C=O) groups excluding carboxylic acids is 1. The van der Waals surface area contributed by atoms with Gasteiger partial charge in [0.15, 0.2) is 0 Å². The molecule has 1 aliphatic rings. The molecule has 106 valence electrons. The summed E-state index contributed by atoms with van der Waals surface area (Å²) in [6.07, 6.45) is 1.70. The van der Waals surface area contributed by atoms with Crippen LogP contribution in [0.3, 0.4) is 0 Å². The molecule has 0 aliphatic heterocycles. The van der Waals surface area contributed by atoms with Gasteiger partial charge in [-0.2, -0.15) is 0 Å². The standard InChI is InChI=1S/C14H23N3O2/c1-8-7-12(19-17-8)16-13(18)10-5-6-11(15)9(2)14(10,3)4/h7,9-11H,5-6,15H2,1-4H3,(H,16,18).